The first-order chi connectivity index (χ1) is 17.4. The first kappa shape index (κ1) is 22.9. The van der Waals surface area contributed by atoms with Gasteiger partial charge in [-0.1, -0.05) is 0 Å². The van der Waals surface area contributed by atoms with Gasteiger partial charge >= 0.3 is 0 Å². The van der Waals surface area contributed by atoms with Gasteiger partial charge in [0, 0.05) is 42.4 Å². The van der Waals surface area contributed by atoms with Gasteiger partial charge < -0.3 is 15.3 Å². The summed E-state index contributed by atoms with van der Waals surface area (Å²) in [7, 11) is 1.55. The van der Waals surface area contributed by atoms with Crippen molar-refractivity contribution in [3.05, 3.63) is 95.0 Å². The molecule has 1 aromatic carbocycles. The van der Waals surface area contributed by atoms with Crippen molar-refractivity contribution in [3.63, 3.8) is 0 Å². The summed E-state index contributed by atoms with van der Waals surface area (Å²) in [6, 6.07) is 12.9. The lowest BCUT2D eigenvalue weighted by atomic mass is 10.0. The highest BCUT2D eigenvalue weighted by Gasteiger charge is 2.21. The fraction of sp³-hybridized carbons (Fsp3) is 0.115. The highest BCUT2D eigenvalue weighted by atomic mass is 19.1. The lowest BCUT2D eigenvalue weighted by molar-refractivity contribution is -0.612. The Morgan fingerprint density at radius 1 is 1.08 bits per heavy atom. The van der Waals surface area contributed by atoms with Crippen molar-refractivity contribution in [1.82, 2.24) is 19.6 Å². The van der Waals surface area contributed by atoms with Crippen LogP contribution in [0.3, 0.4) is 0 Å². The molecule has 4 aromatic heterocycles. The number of carbonyl (C=O) groups is 1. The molecule has 0 unspecified atom stereocenters. The largest absolute Gasteiger partial charge is 0.619 e. The summed E-state index contributed by atoms with van der Waals surface area (Å²) in [6.07, 6.45) is 4.44. The Morgan fingerprint density at radius 2 is 1.92 bits per heavy atom. The first-order valence-corrected chi connectivity index (χ1v) is 11.0. The molecular formula is C26H21FN6O3. The molecule has 0 spiro atoms. The Morgan fingerprint density at radius 3 is 2.67 bits per heavy atom. The highest BCUT2D eigenvalue weighted by Crippen LogP contribution is 2.35. The van der Waals surface area contributed by atoms with E-state index in [4.69, 9.17) is 9.72 Å². The van der Waals surface area contributed by atoms with Gasteiger partial charge in [-0.2, -0.15) is 9.83 Å². The number of methoxy groups -OCH3 is 1. The van der Waals surface area contributed by atoms with E-state index < -0.39 is 5.91 Å². The van der Waals surface area contributed by atoms with Gasteiger partial charge in [0.1, 0.15) is 17.3 Å². The number of rotatable bonds is 5. The number of ether oxygens (including phenoxy) is 1. The average Bonchev–Trinajstić information content (AvgIpc) is 3.27. The molecule has 0 bridgehead atoms. The Kier molecular flexibility index (Phi) is 5.77. The SMILES string of the molecule is COc1ccnn2c(-c3ccnc(NC(=O)c4cc[n+]([O-])c(C)c4)c3)c(-c3ccc(F)c(C)c3)nc12. The molecule has 0 aliphatic rings. The summed E-state index contributed by atoms with van der Waals surface area (Å²) >= 11 is 0. The second-order valence-corrected chi connectivity index (χ2v) is 8.17. The van der Waals surface area contributed by atoms with Crippen molar-refractivity contribution >= 4 is 17.4 Å². The van der Waals surface area contributed by atoms with Crippen LogP contribution in [0.5, 0.6) is 5.75 Å². The van der Waals surface area contributed by atoms with Gasteiger partial charge in [0.25, 0.3) is 5.91 Å². The number of hydrogen-bond acceptors (Lipinski definition) is 6. The Labute approximate surface area is 205 Å². The maximum absolute atomic E-state index is 14.0. The second kappa shape index (κ2) is 9.06. The van der Waals surface area contributed by atoms with E-state index in [1.54, 1.807) is 68.2 Å². The Hall–Kier alpha value is -4.86. The molecule has 36 heavy (non-hydrogen) atoms. The number of benzene rings is 1. The van der Waals surface area contributed by atoms with Crippen LogP contribution < -0.4 is 14.8 Å². The van der Waals surface area contributed by atoms with Crippen LogP contribution in [-0.2, 0) is 0 Å². The fourth-order valence-corrected chi connectivity index (χ4v) is 3.92. The van der Waals surface area contributed by atoms with Crippen molar-refractivity contribution in [3.8, 4) is 28.3 Å². The molecule has 0 saturated carbocycles. The number of nitrogens with one attached hydrogen (secondary N) is 1. The zero-order valence-corrected chi connectivity index (χ0v) is 19.7. The fourth-order valence-electron chi connectivity index (χ4n) is 3.92. The Bertz CT molecular complexity index is 1630. The lowest BCUT2D eigenvalue weighted by Crippen LogP contribution is -2.30. The van der Waals surface area contributed by atoms with Crippen molar-refractivity contribution in [2.45, 2.75) is 13.8 Å². The van der Waals surface area contributed by atoms with E-state index in [2.05, 4.69) is 15.4 Å². The number of nitrogens with zero attached hydrogens (tertiary/aromatic N) is 5. The number of anilines is 1. The molecule has 180 valence electrons. The summed E-state index contributed by atoms with van der Waals surface area (Å²) in [4.78, 5) is 21.8. The summed E-state index contributed by atoms with van der Waals surface area (Å²) in [5.41, 5.74) is 4.25. The van der Waals surface area contributed by atoms with Gasteiger partial charge in [0.2, 0.25) is 0 Å². The molecule has 0 fully saturated rings. The molecular weight excluding hydrogens is 463 g/mol. The lowest BCUT2D eigenvalue weighted by Gasteiger charge is -2.09. The maximum atomic E-state index is 14.0. The third-order valence-electron chi connectivity index (χ3n) is 5.77. The third kappa shape index (κ3) is 4.09. The number of halogens is 1. The zero-order valence-electron chi connectivity index (χ0n) is 19.7. The molecule has 0 aliphatic carbocycles. The number of imidazole rings is 1. The van der Waals surface area contributed by atoms with Gasteiger partial charge in [-0.15, -0.1) is 0 Å². The molecule has 1 amide bonds. The molecule has 9 nitrogen and oxygen atoms in total. The predicted octanol–water partition coefficient (Wildman–Crippen LogP) is 4.11. The van der Waals surface area contributed by atoms with Crippen molar-refractivity contribution in [2.75, 3.05) is 12.4 Å². The van der Waals surface area contributed by atoms with Crippen LogP contribution in [0, 0.1) is 24.9 Å². The highest BCUT2D eigenvalue weighted by molar-refractivity contribution is 6.04. The molecule has 0 aliphatic heterocycles. The smallest absolute Gasteiger partial charge is 0.257 e. The molecule has 4 heterocycles. The summed E-state index contributed by atoms with van der Waals surface area (Å²) in [5.74, 6) is 0.102. The Balaban J connectivity index is 1.62. The van der Waals surface area contributed by atoms with E-state index >= 15 is 0 Å². The van der Waals surface area contributed by atoms with Crippen LogP contribution in [-0.4, -0.2) is 32.6 Å². The van der Waals surface area contributed by atoms with Gasteiger partial charge in [0.15, 0.2) is 23.3 Å². The molecule has 5 aromatic rings. The maximum Gasteiger partial charge on any atom is 0.257 e. The number of aromatic nitrogens is 5. The second-order valence-electron chi connectivity index (χ2n) is 8.17. The topological polar surface area (TPSA) is 108 Å². The van der Waals surface area contributed by atoms with E-state index in [9.17, 15) is 14.4 Å². The number of pyridine rings is 2. The van der Waals surface area contributed by atoms with Gasteiger partial charge in [-0.25, -0.2) is 18.9 Å². The molecule has 0 saturated heterocycles. The van der Waals surface area contributed by atoms with E-state index in [-0.39, 0.29) is 5.82 Å². The number of aryl methyl sites for hydroxylation is 2. The van der Waals surface area contributed by atoms with Crippen LogP contribution in [0.4, 0.5) is 10.2 Å². The molecule has 1 N–H and O–H groups in total. The minimum atomic E-state index is -0.407. The van der Waals surface area contributed by atoms with E-state index in [1.807, 2.05) is 0 Å². The van der Waals surface area contributed by atoms with Crippen molar-refractivity contribution < 1.29 is 18.7 Å². The molecule has 10 heteroatoms. The van der Waals surface area contributed by atoms with Crippen LogP contribution in [0.15, 0.2) is 67.1 Å². The van der Waals surface area contributed by atoms with E-state index in [0.717, 1.165) is 0 Å². The number of fused-ring (bicyclic) bond motifs is 1. The quantitative estimate of drug-likeness (QED) is 0.297. The van der Waals surface area contributed by atoms with Gasteiger partial charge in [-0.3, -0.25) is 4.79 Å². The number of hydrogen-bond donors (Lipinski definition) is 1. The summed E-state index contributed by atoms with van der Waals surface area (Å²) in [6.45, 7) is 3.31. The minimum absolute atomic E-state index is 0.299. The van der Waals surface area contributed by atoms with Gasteiger partial charge in [0.05, 0.1) is 24.6 Å². The van der Waals surface area contributed by atoms with Crippen LogP contribution >= 0.6 is 0 Å². The average molecular weight is 484 g/mol. The zero-order chi connectivity index (χ0) is 25.4. The normalized spacial score (nSPS) is 11.0. The van der Waals surface area contributed by atoms with E-state index in [1.165, 1.54) is 24.4 Å². The van der Waals surface area contributed by atoms with Crippen LogP contribution in [0.2, 0.25) is 0 Å². The van der Waals surface area contributed by atoms with Crippen molar-refractivity contribution in [1.29, 1.82) is 0 Å². The van der Waals surface area contributed by atoms with E-state index in [0.29, 0.717) is 61.3 Å². The summed E-state index contributed by atoms with van der Waals surface area (Å²) < 4.78 is 21.8. The third-order valence-corrected chi connectivity index (χ3v) is 5.77. The van der Waals surface area contributed by atoms with Crippen LogP contribution in [0.25, 0.3) is 28.2 Å². The van der Waals surface area contributed by atoms with Gasteiger partial charge in [-0.05, 0) is 42.8 Å². The number of amides is 1. The molecule has 5 rings (SSSR count). The minimum Gasteiger partial charge on any atom is -0.619 e. The molecule has 0 radical (unpaired) electrons. The number of carbonyl (C=O) groups excluding carboxylic acids is 1. The standard InChI is InChI=1S/C26H21FN6O3/c1-15-12-17(4-5-20(15)27)23-24(33-25(31-23)21(36-3)7-10-29-33)18-6-9-28-22(14-18)30-26(34)19-8-11-32(35)16(2)13-19/h4-14H,1-3H3,(H,28,30,34). The predicted molar refractivity (Wildman–Crippen MR) is 131 cm³/mol. The van der Waals surface area contributed by atoms with Crippen LogP contribution in [0.1, 0.15) is 21.6 Å². The first-order valence-electron chi connectivity index (χ1n) is 11.0. The van der Waals surface area contributed by atoms with Crippen molar-refractivity contribution in [2.24, 2.45) is 0 Å². The molecule has 0 atom stereocenters. The summed E-state index contributed by atoms with van der Waals surface area (Å²) in [5, 5.41) is 18.8. The monoisotopic (exact) mass is 484 g/mol.